The first kappa shape index (κ1) is 14.3. The van der Waals surface area contributed by atoms with E-state index in [2.05, 4.69) is 60.8 Å². The monoisotopic (exact) mass is 281 g/mol. The average Bonchev–Trinajstić information content (AvgIpc) is 2.83. The van der Waals surface area contributed by atoms with Crippen molar-refractivity contribution in [1.82, 2.24) is 5.32 Å². The largest absolute Gasteiger partial charge is 0.383 e. The Kier molecular flexibility index (Phi) is 4.37. The molecule has 110 valence electrons. The van der Waals surface area contributed by atoms with E-state index in [9.17, 15) is 0 Å². The lowest BCUT2D eigenvalue weighted by Crippen LogP contribution is -2.36. The maximum atomic E-state index is 5.38. The van der Waals surface area contributed by atoms with E-state index in [-0.39, 0.29) is 6.04 Å². The molecule has 0 saturated heterocycles. The molecular formula is C19H23NO. The van der Waals surface area contributed by atoms with E-state index >= 15 is 0 Å². The van der Waals surface area contributed by atoms with Crippen LogP contribution >= 0.6 is 0 Å². The SMILES string of the molecule is CCCC(COC)NC1c2ccccc2-c2ccccc21. The maximum absolute atomic E-state index is 5.38. The summed E-state index contributed by atoms with van der Waals surface area (Å²) in [4.78, 5) is 0. The summed E-state index contributed by atoms with van der Waals surface area (Å²) >= 11 is 0. The molecule has 0 aliphatic heterocycles. The van der Waals surface area contributed by atoms with Crippen LogP contribution in [0, 0.1) is 0 Å². The van der Waals surface area contributed by atoms with Crippen molar-refractivity contribution in [1.29, 1.82) is 0 Å². The summed E-state index contributed by atoms with van der Waals surface area (Å²) in [5.41, 5.74) is 5.49. The van der Waals surface area contributed by atoms with Crippen LogP contribution < -0.4 is 5.32 Å². The van der Waals surface area contributed by atoms with E-state index in [0.29, 0.717) is 6.04 Å². The molecule has 1 aliphatic carbocycles. The van der Waals surface area contributed by atoms with Crippen molar-refractivity contribution in [2.75, 3.05) is 13.7 Å². The molecule has 2 nitrogen and oxygen atoms in total. The van der Waals surface area contributed by atoms with Crippen molar-refractivity contribution >= 4 is 0 Å². The van der Waals surface area contributed by atoms with E-state index in [0.717, 1.165) is 19.4 Å². The van der Waals surface area contributed by atoms with Crippen LogP contribution in [0.15, 0.2) is 48.5 Å². The van der Waals surface area contributed by atoms with Crippen molar-refractivity contribution in [3.8, 4) is 11.1 Å². The van der Waals surface area contributed by atoms with Gasteiger partial charge in [0.25, 0.3) is 0 Å². The number of benzene rings is 2. The second kappa shape index (κ2) is 6.42. The normalized spacial score (nSPS) is 14.8. The van der Waals surface area contributed by atoms with Crippen LogP contribution in [-0.2, 0) is 4.74 Å². The van der Waals surface area contributed by atoms with Gasteiger partial charge in [0.05, 0.1) is 12.6 Å². The molecule has 0 aromatic heterocycles. The number of methoxy groups -OCH3 is 1. The molecule has 21 heavy (non-hydrogen) atoms. The maximum Gasteiger partial charge on any atom is 0.0616 e. The molecule has 0 spiro atoms. The first-order valence-electron chi connectivity index (χ1n) is 7.78. The van der Waals surface area contributed by atoms with Crippen LogP contribution in [0.1, 0.15) is 36.9 Å². The summed E-state index contributed by atoms with van der Waals surface area (Å²) in [6, 6.07) is 18.1. The van der Waals surface area contributed by atoms with Gasteiger partial charge in [0.1, 0.15) is 0 Å². The van der Waals surface area contributed by atoms with Gasteiger partial charge in [-0.1, -0.05) is 61.9 Å². The van der Waals surface area contributed by atoms with Gasteiger partial charge in [-0.2, -0.15) is 0 Å². The highest BCUT2D eigenvalue weighted by atomic mass is 16.5. The van der Waals surface area contributed by atoms with E-state index in [1.165, 1.54) is 22.3 Å². The Morgan fingerprint density at radius 3 is 2.10 bits per heavy atom. The quantitative estimate of drug-likeness (QED) is 0.858. The number of hydrogen-bond acceptors (Lipinski definition) is 2. The third-order valence-electron chi connectivity index (χ3n) is 4.24. The Morgan fingerprint density at radius 2 is 1.57 bits per heavy atom. The topological polar surface area (TPSA) is 21.3 Å². The number of rotatable bonds is 6. The minimum Gasteiger partial charge on any atom is -0.383 e. The summed E-state index contributed by atoms with van der Waals surface area (Å²) in [5.74, 6) is 0. The van der Waals surface area contributed by atoms with Crippen molar-refractivity contribution in [2.24, 2.45) is 0 Å². The van der Waals surface area contributed by atoms with Crippen LogP contribution in [-0.4, -0.2) is 19.8 Å². The highest BCUT2D eigenvalue weighted by molar-refractivity contribution is 5.78. The Hall–Kier alpha value is -1.64. The van der Waals surface area contributed by atoms with Gasteiger partial charge in [-0.25, -0.2) is 0 Å². The van der Waals surface area contributed by atoms with Crippen LogP contribution in [0.2, 0.25) is 0 Å². The van der Waals surface area contributed by atoms with Crippen molar-refractivity contribution in [2.45, 2.75) is 31.8 Å². The number of hydrogen-bond donors (Lipinski definition) is 1. The summed E-state index contributed by atoms with van der Waals surface area (Å²) < 4.78 is 5.38. The first-order valence-corrected chi connectivity index (χ1v) is 7.78. The van der Waals surface area contributed by atoms with Gasteiger partial charge in [0, 0.05) is 13.2 Å². The van der Waals surface area contributed by atoms with E-state index in [4.69, 9.17) is 4.74 Å². The predicted molar refractivity (Wildman–Crippen MR) is 87.4 cm³/mol. The standard InChI is InChI=1S/C19H23NO/c1-3-8-14(13-21-2)20-19-17-11-6-4-9-15(17)16-10-5-7-12-18(16)19/h4-7,9-12,14,19-20H,3,8,13H2,1-2H3. The smallest absolute Gasteiger partial charge is 0.0616 e. The molecule has 2 heteroatoms. The zero-order valence-electron chi connectivity index (χ0n) is 12.8. The molecule has 0 amide bonds. The molecular weight excluding hydrogens is 258 g/mol. The molecule has 1 atom stereocenters. The van der Waals surface area contributed by atoms with Crippen LogP contribution in [0.25, 0.3) is 11.1 Å². The summed E-state index contributed by atoms with van der Waals surface area (Å²) in [6.45, 7) is 2.98. The highest BCUT2D eigenvalue weighted by Crippen LogP contribution is 2.43. The molecule has 1 unspecified atom stereocenters. The summed E-state index contributed by atoms with van der Waals surface area (Å²) in [7, 11) is 1.78. The van der Waals surface area contributed by atoms with Crippen LogP contribution in [0.4, 0.5) is 0 Å². The van der Waals surface area contributed by atoms with Crippen molar-refractivity contribution in [3.63, 3.8) is 0 Å². The van der Waals surface area contributed by atoms with Gasteiger partial charge in [-0.3, -0.25) is 0 Å². The van der Waals surface area contributed by atoms with Crippen molar-refractivity contribution < 1.29 is 4.74 Å². The van der Waals surface area contributed by atoms with Crippen LogP contribution in [0.3, 0.4) is 0 Å². The lowest BCUT2D eigenvalue weighted by Gasteiger charge is -2.24. The minimum atomic E-state index is 0.282. The Balaban J connectivity index is 1.94. The Labute approximate surface area is 127 Å². The second-order valence-electron chi connectivity index (χ2n) is 5.72. The van der Waals surface area contributed by atoms with Crippen LogP contribution in [0.5, 0.6) is 0 Å². The van der Waals surface area contributed by atoms with E-state index in [1.54, 1.807) is 7.11 Å². The fourth-order valence-electron chi connectivity index (χ4n) is 3.34. The van der Waals surface area contributed by atoms with Gasteiger partial charge in [-0.15, -0.1) is 0 Å². The number of ether oxygens (including phenoxy) is 1. The third kappa shape index (κ3) is 2.74. The Morgan fingerprint density at radius 1 is 1.00 bits per heavy atom. The molecule has 3 rings (SSSR count). The molecule has 0 heterocycles. The first-order chi connectivity index (χ1) is 10.3. The zero-order valence-corrected chi connectivity index (χ0v) is 12.8. The van der Waals surface area contributed by atoms with Crippen molar-refractivity contribution in [3.05, 3.63) is 59.7 Å². The van der Waals surface area contributed by atoms with E-state index < -0.39 is 0 Å². The summed E-state index contributed by atoms with van der Waals surface area (Å²) in [5, 5.41) is 3.81. The molecule has 1 aliphatic rings. The summed E-state index contributed by atoms with van der Waals surface area (Å²) in [6.07, 6.45) is 2.30. The fraction of sp³-hybridized carbons (Fsp3) is 0.368. The van der Waals surface area contributed by atoms with Gasteiger partial charge >= 0.3 is 0 Å². The molecule has 1 N–H and O–H groups in total. The molecule has 0 fully saturated rings. The van der Waals surface area contributed by atoms with Gasteiger partial charge < -0.3 is 10.1 Å². The lowest BCUT2D eigenvalue weighted by molar-refractivity contribution is 0.158. The zero-order chi connectivity index (χ0) is 14.7. The lowest BCUT2D eigenvalue weighted by atomic mass is 10.0. The fourth-order valence-corrected chi connectivity index (χ4v) is 3.34. The molecule has 0 radical (unpaired) electrons. The molecule has 2 aromatic rings. The highest BCUT2D eigenvalue weighted by Gasteiger charge is 2.29. The van der Waals surface area contributed by atoms with Gasteiger partial charge in [0.15, 0.2) is 0 Å². The Bertz CT molecular complexity index is 557. The minimum absolute atomic E-state index is 0.282. The van der Waals surface area contributed by atoms with E-state index in [1.807, 2.05) is 0 Å². The average molecular weight is 281 g/mol. The molecule has 0 bridgehead atoms. The van der Waals surface area contributed by atoms with Gasteiger partial charge in [-0.05, 0) is 28.7 Å². The predicted octanol–water partition coefficient (Wildman–Crippen LogP) is 4.16. The molecule has 2 aromatic carbocycles. The number of nitrogens with one attached hydrogen (secondary N) is 1. The third-order valence-corrected chi connectivity index (χ3v) is 4.24. The van der Waals surface area contributed by atoms with Gasteiger partial charge in [0.2, 0.25) is 0 Å². The molecule has 0 saturated carbocycles. The number of fused-ring (bicyclic) bond motifs is 3. The second-order valence-corrected chi connectivity index (χ2v) is 5.72.